The van der Waals surface area contributed by atoms with E-state index in [0.29, 0.717) is 0 Å². The number of hydrogen-bond acceptors (Lipinski definition) is 2. The molecule has 1 aromatic heterocycles. The molecule has 17 heavy (non-hydrogen) atoms. The lowest BCUT2D eigenvalue weighted by molar-refractivity contribution is 0.626. The van der Waals surface area contributed by atoms with Crippen LogP contribution in [0.1, 0.15) is 25.5 Å². The fourth-order valence-electron chi connectivity index (χ4n) is 1.92. The molecule has 1 heterocycles. The Balaban J connectivity index is 2.60. The van der Waals surface area contributed by atoms with E-state index in [1.807, 2.05) is 24.6 Å². The molecular formula is C13H16FN3. The highest BCUT2D eigenvalue weighted by atomic mass is 19.1. The Labute approximate surface area is 100 Å². The maximum absolute atomic E-state index is 13.3. The molecule has 0 bridgehead atoms. The van der Waals surface area contributed by atoms with Gasteiger partial charge in [0, 0.05) is 23.7 Å². The first-order valence-electron chi connectivity index (χ1n) is 5.70. The highest BCUT2D eigenvalue weighted by Gasteiger charge is 2.15. The number of hydrogen-bond donors (Lipinski definition) is 1. The summed E-state index contributed by atoms with van der Waals surface area (Å²) < 4.78 is 15.1. The second kappa shape index (κ2) is 4.67. The Morgan fingerprint density at radius 1 is 1.47 bits per heavy atom. The number of benzene rings is 1. The molecule has 1 atom stereocenters. The quantitative estimate of drug-likeness (QED) is 0.885. The van der Waals surface area contributed by atoms with Crippen LogP contribution in [-0.2, 0) is 6.54 Å². The Morgan fingerprint density at radius 2 is 2.24 bits per heavy atom. The van der Waals surface area contributed by atoms with Gasteiger partial charge in [-0.25, -0.2) is 4.39 Å². The molecule has 0 saturated heterocycles. The molecule has 0 radical (unpaired) electrons. The van der Waals surface area contributed by atoms with Gasteiger partial charge in [0.05, 0.1) is 11.9 Å². The lowest BCUT2D eigenvalue weighted by Crippen LogP contribution is -2.07. The van der Waals surface area contributed by atoms with Gasteiger partial charge in [-0.05, 0) is 26.0 Å². The van der Waals surface area contributed by atoms with Crippen molar-refractivity contribution >= 4 is 0 Å². The number of aryl methyl sites for hydroxylation is 1. The summed E-state index contributed by atoms with van der Waals surface area (Å²) in [5, 5.41) is 4.28. The molecule has 2 aromatic rings. The summed E-state index contributed by atoms with van der Waals surface area (Å²) in [6, 6.07) is 6.39. The third-order valence-corrected chi connectivity index (χ3v) is 2.76. The zero-order valence-corrected chi connectivity index (χ0v) is 10.0. The number of halogens is 1. The van der Waals surface area contributed by atoms with Crippen LogP contribution in [0.4, 0.5) is 4.39 Å². The van der Waals surface area contributed by atoms with Crippen LogP contribution in [0.5, 0.6) is 0 Å². The van der Waals surface area contributed by atoms with Crippen molar-refractivity contribution in [2.45, 2.75) is 26.4 Å². The van der Waals surface area contributed by atoms with Crippen LogP contribution in [0.25, 0.3) is 11.3 Å². The molecule has 2 rings (SSSR count). The second-order valence-corrected chi connectivity index (χ2v) is 4.06. The molecule has 1 aromatic carbocycles. The summed E-state index contributed by atoms with van der Waals surface area (Å²) in [6.07, 6.45) is 1.76. The lowest BCUT2D eigenvalue weighted by atomic mass is 10.0. The Morgan fingerprint density at radius 3 is 2.82 bits per heavy atom. The van der Waals surface area contributed by atoms with Crippen molar-refractivity contribution in [3.63, 3.8) is 0 Å². The largest absolute Gasteiger partial charge is 0.324 e. The molecule has 0 aliphatic heterocycles. The summed E-state index contributed by atoms with van der Waals surface area (Å²) in [7, 11) is 0. The lowest BCUT2D eigenvalue weighted by Gasteiger charge is -2.10. The molecule has 0 saturated carbocycles. The van der Waals surface area contributed by atoms with Crippen LogP contribution in [0.15, 0.2) is 30.5 Å². The highest BCUT2D eigenvalue weighted by molar-refractivity contribution is 5.64. The van der Waals surface area contributed by atoms with E-state index < -0.39 is 0 Å². The van der Waals surface area contributed by atoms with Gasteiger partial charge in [-0.3, -0.25) is 4.68 Å². The van der Waals surface area contributed by atoms with Gasteiger partial charge in [-0.15, -0.1) is 0 Å². The summed E-state index contributed by atoms with van der Waals surface area (Å²) in [5.41, 5.74) is 8.57. The average Bonchev–Trinajstić information content (AvgIpc) is 2.72. The van der Waals surface area contributed by atoms with E-state index in [9.17, 15) is 4.39 Å². The molecular weight excluding hydrogens is 217 g/mol. The Hall–Kier alpha value is -1.68. The summed E-state index contributed by atoms with van der Waals surface area (Å²) in [5.74, 6) is -0.248. The third kappa shape index (κ3) is 2.22. The number of nitrogens with zero attached hydrogens (tertiary/aromatic N) is 2. The van der Waals surface area contributed by atoms with Crippen molar-refractivity contribution in [2.75, 3.05) is 0 Å². The monoisotopic (exact) mass is 233 g/mol. The molecule has 0 aliphatic carbocycles. The summed E-state index contributed by atoms with van der Waals surface area (Å²) in [4.78, 5) is 0. The highest BCUT2D eigenvalue weighted by Crippen LogP contribution is 2.27. The minimum absolute atomic E-state index is 0.117. The van der Waals surface area contributed by atoms with Crippen molar-refractivity contribution in [3.8, 4) is 11.3 Å². The van der Waals surface area contributed by atoms with E-state index >= 15 is 0 Å². The van der Waals surface area contributed by atoms with Gasteiger partial charge in [-0.1, -0.05) is 12.1 Å². The first kappa shape index (κ1) is 11.8. The molecule has 4 heteroatoms. The van der Waals surface area contributed by atoms with Crippen molar-refractivity contribution < 1.29 is 4.39 Å². The third-order valence-electron chi connectivity index (χ3n) is 2.76. The molecule has 0 spiro atoms. The maximum atomic E-state index is 13.3. The predicted octanol–water partition coefficient (Wildman–Crippen LogP) is 2.73. The van der Waals surface area contributed by atoms with Crippen molar-refractivity contribution in [1.82, 2.24) is 9.78 Å². The second-order valence-electron chi connectivity index (χ2n) is 4.06. The van der Waals surface area contributed by atoms with Crippen molar-refractivity contribution in [2.24, 2.45) is 5.73 Å². The van der Waals surface area contributed by atoms with Gasteiger partial charge < -0.3 is 5.73 Å². The van der Waals surface area contributed by atoms with Crippen molar-refractivity contribution in [1.29, 1.82) is 0 Å². The summed E-state index contributed by atoms with van der Waals surface area (Å²) in [6.45, 7) is 4.64. The van der Waals surface area contributed by atoms with Gasteiger partial charge in [0.2, 0.25) is 0 Å². The normalized spacial score (nSPS) is 12.7. The number of aromatic nitrogens is 2. The summed E-state index contributed by atoms with van der Waals surface area (Å²) >= 11 is 0. The fraction of sp³-hybridized carbons (Fsp3) is 0.308. The van der Waals surface area contributed by atoms with E-state index in [4.69, 9.17) is 5.73 Å². The SMILES string of the molecule is CCn1ncc(C(C)N)c1-c1cccc(F)c1. The van der Waals surface area contributed by atoms with Crippen LogP contribution >= 0.6 is 0 Å². The molecule has 0 fully saturated rings. The van der Waals surface area contributed by atoms with Crippen LogP contribution < -0.4 is 5.73 Å². The average molecular weight is 233 g/mol. The van der Waals surface area contributed by atoms with Gasteiger partial charge in [0.25, 0.3) is 0 Å². The first-order valence-corrected chi connectivity index (χ1v) is 5.70. The smallest absolute Gasteiger partial charge is 0.123 e. The minimum Gasteiger partial charge on any atom is -0.324 e. The molecule has 3 nitrogen and oxygen atoms in total. The van der Waals surface area contributed by atoms with Crippen LogP contribution in [0.2, 0.25) is 0 Å². The zero-order chi connectivity index (χ0) is 12.4. The van der Waals surface area contributed by atoms with Gasteiger partial charge in [0.15, 0.2) is 0 Å². The predicted molar refractivity (Wildman–Crippen MR) is 65.9 cm³/mol. The Kier molecular flexibility index (Phi) is 3.24. The van der Waals surface area contributed by atoms with E-state index in [1.54, 1.807) is 12.3 Å². The molecule has 90 valence electrons. The van der Waals surface area contributed by atoms with Crippen molar-refractivity contribution in [3.05, 3.63) is 41.8 Å². The standard InChI is InChI=1S/C13H16FN3/c1-3-17-13(12(8-16-17)9(2)15)10-5-4-6-11(14)7-10/h4-9H,3,15H2,1-2H3. The minimum atomic E-state index is -0.248. The topological polar surface area (TPSA) is 43.8 Å². The molecule has 1 unspecified atom stereocenters. The maximum Gasteiger partial charge on any atom is 0.123 e. The van der Waals surface area contributed by atoms with E-state index in [1.165, 1.54) is 12.1 Å². The fourth-order valence-corrected chi connectivity index (χ4v) is 1.92. The zero-order valence-electron chi connectivity index (χ0n) is 10.0. The first-order chi connectivity index (χ1) is 8.13. The van der Waals surface area contributed by atoms with Gasteiger partial charge in [0.1, 0.15) is 5.82 Å². The van der Waals surface area contributed by atoms with Crippen LogP contribution in [0, 0.1) is 5.82 Å². The molecule has 0 aliphatic rings. The van der Waals surface area contributed by atoms with E-state index in [0.717, 1.165) is 23.4 Å². The van der Waals surface area contributed by atoms with E-state index in [2.05, 4.69) is 5.10 Å². The van der Waals surface area contributed by atoms with Gasteiger partial charge in [-0.2, -0.15) is 5.10 Å². The number of nitrogens with two attached hydrogens (primary N) is 1. The van der Waals surface area contributed by atoms with Crippen LogP contribution in [0.3, 0.4) is 0 Å². The Bertz CT molecular complexity index is 517. The van der Waals surface area contributed by atoms with E-state index in [-0.39, 0.29) is 11.9 Å². The molecule has 2 N–H and O–H groups in total. The van der Waals surface area contributed by atoms with Gasteiger partial charge >= 0.3 is 0 Å². The number of rotatable bonds is 3. The molecule has 0 amide bonds. The van der Waals surface area contributed by atoms with Crippen LogP contribution in [-0.4, -0.2) is 9.78 Å².